The summed E-state index contributed by atoms with van der Waals surface area (Å²) in [5, 5.41) is 3.24. The van der Waals surface area contributed by atoms with Gasteiger partial charge in [0.05, 0.1) is 12.7 Å². The van der Waals surface area contributed by atoms with Crippen LogP contribution in [0.15, 0.2) is 12.2 Å². The second kappa shape index (κ2) is 3.74. The Kier molecular flexibility index (Phi) is 2.90. The zero-order valence-electron chi connectivity index (χ0n) is 6.52. The first kappa shape index (κ1) is 7.76. The predicted octanol–water partition coefficient (Wildman–Crippen LogP) is 0.941. The van der Waals surface area contributed by atoms with Crippen LogP contribution in [0.5, 0.6) is 0 Å². The molecule has 1 heterocycles. The molecule has 1 fully saturated rings. The number of hydrogen-bond acceptors (Lipinski definition) is 2. The molecule has 1 aliphatic heterocycles. The number of nitrogens with one attached hydrogen (secondary N) is 1. The third-order valence-corrected chi connectivity index (χ3v) is 1.58. The third kappa shape index (κ3) is 2.50. The van der Waals surface area contributed by atoms with Gasteiger partial charge in [0.15, 0.2) is 0 Å². The third-order valence-electron chi connectivity index (χ3n) is 1.58. The molecule has 0 saturated carbocycles. The molecule has 0 aromatic heterocycles. The monoisotopic (exact) mass is 141 g/mol. The summed E-state index contributed by atoms with van der Waals surface area (Å²) in [7, 11) is 0. The lowest BCUT2D eigenvalue weighted by molar-refractivity contribution is 0.0848. The summed E-state index contributed by atoms with van der Waals surface area (Å²) in [5.41, 5.74) is 1.10. The minimum atomic E-state index is 0.427. The fraction of sp³-hybridized carbons (Fsp3) is 0.750. The molecule has 1 N–H and O–H groups in total. The first-order chi connectivity index (χ1) is 4.79. The summed E-state index contributed by atoms with van der Waals surface area (Å²) >= 11 is 0. The van der Waals surface area contributed by atoms with Crippen LogP contribution in [0.3, 0.4) is 0 Å². The van der Waals surface area contributed by atoms with Crippen LogP contribution in [0.4, 0.5) is 0 Å². The van der Waals surface area contributed by atoms with Crippen LogP contribution in [0.25, 0.3) is 0 Å². The van der Waals surface area contributed by atoms with Gasteiger partial charge in [0.2, 0.25) is 0 Å². The van der Waals surface area contributed by atoms with E-state index >= 15 is 0 Å². The van der Waals surface area contributed by atoms with Gasteiger partial charge < -0.3 is 10.1 Å². The highest BCUT2D eigenvalue weighted by molar-refractivity contribution is 4.88. The van der Waals surface area contributed by atoms with Crippen molar-refractivity contribution in [3.63, 3.8) is 0 Å². The van der Waals surface area contributed by atoms with Gasteiger partial charge >= 0.3 is 0 Å². The van der Waals surface area contributed by atoms with E-state index in [1.165, 1.54) is 0 Å². The van der Waals surface area contributed by atoms with Crippen LogP contribution in [0.2, 0.25) is 0 Å². The van der Waals surface area contributed by atoms with E-state index in [1.807, 2.05) is 6.92 Å². The summed E-state index contributed by atoms with van der Waals surface area (Å²) in [6.07, 6.45) is 1.57. The lowest BCUT2D eigenvalue weighted by Gasteiger charge is -2.09. The Morgan fingerprint density at radius 1 is 1.80 bits per heavy atom. The second-order valence-corrected chi connectivity index (χ2v) is 2.88. The SMILES string of the molecule is C=C(C)COC1CCNC1. The Morgan fingerprint density at radius 2 is 2.60 bits per heavy atom. The molecular formula is C8H15NO. The van der Waals surface area contributed by atoms with Crippen molar-refractivity contribution >= 4 is 0 Å². The Morgan fingerprint density at radius 3 is 3.10 bits per heavy atom. The molecule has 1 saturated heterocycles. The van der Waals surface area contributed by atoms with E-state index in [0.29, 0.717) is 12.7 Å². The highest BCUT2D eigenvalue weighted by Gasteiger charge is 2.13. The second-order valence-electron chi connectivity index (χ2n) is 2.88. The highest BCUT2D eigenvalue weighted by atomic mass is 16.5. The molecule has 0 amide bonds. The summed E-state index contributed by atoms with van der Waals surface area (Å²) in [5.74, 6) is 0. The van der Waals surface area contributed by atoms with Gasteiger partial charge in [0.25, 0.3) is 0 Å². The van der Waals surface area contributed by atoms with E-state index in [4.69, 9.17) is 4.74 Å². The minimum absolute atomic E-state index is 0.427. The molecule has 0 aromatic carbocycles. The molecule has 0 bridgehead atoms. The van der Waals surface area contributed by atoms with Crippen molar-refractivity contribution in [2.45, 2.75) is 19.4 Å². The lowest BCUT2D eigenvalue weighted by atomic mass is 10.3. The fourth-order valence-corrected chi connectivity index (χ4v) is 1.03. The van der Waals surface area contributed by atoms with Crippen LogP contribution >= 0.6 is 0 Å². The molecule has 0 aromatic rings. The predicted molar refractivity (Wildman–Crippen MR) is 42.0 cm³/mol. The summed E-state index contributed by atoms with van der Waals surface area (Å²) in [6.45, 7) is 8.58. The van der Waals surface area contributed by atoms with Gasteiger partial charge in [-0.05, 0) is 19.9 Å². The maximum absolute atomic E-state index is 5.50. The van der Waals surface area contributed by atoms with Crippen molar-refractivity contribution in [1.29, 1.82) is 0 Å². The molecule has 1 rings (SSSR count). The van der Waals surface area contributed by atoms with Crippen LogP contribution in [0, 0.1) is 0 Å². The Balaban J connectivity index is 2.07. The quantitative estimate of drug-likeness (QED) is 0.591. The van der Waals surface area contributed by atoms with Crippen LogP contribution in [-0.2, 0) is 4.74 Å². The molecule has 10 heavy (non-hydrogen) atoms. The van der Waals surface area contributed by atoms with Crippen LogP contribution in [0.1, 0.15) is 13.3 Å². The largest absolute Gasteiger partial charge is 0.373 e. The maximum atomic E-state index is 5.50. The van der Waals surface area contributed by atoms with Gasteiger partial charge in [0.1, 0.15) is 0 Å². The Hall–Kier alpha value is -0.340. The van der Waals surface area contributed by atoms with Crippen molar-refractivity contribution in [2.75, 3.05) is 19.7 Å². The molecule has 2 heteroatoms. The Labute approximate surface area is 62.3 Å². The van der Waals surface area contributed by atoms with Crippen LogP contribution in [-0.4, -0.2) is 25.8 Å². The first-order valence-electron chi connectivity index (χ1n) is 3.76. The molecule has 2 nitrogen and oxygen atoms in total. The highest BCUT2D eigenvalue weighted by Crippen LogP contribution is 2.03. The smallest absolute Gasteiger partial charge is 0.0715 e. The normalized spacial score (nSPS) is 25.1. The van der Waals surface area contributed by atoms with Crippen molar-refractivity contribution in [3.05, 3.63) is 12.2 Å². The summed E-state index contributed by atoms with van der Waals surface area (Å²) in [6, 6.07) is 0. The van der Waals surface area contributed by atoms with Gasteiger partial charge in [-0.15, -0.1) is 0 Å². The maximum Gasteiger partial charge on any atom is 0.0715 e. The van der Waals surface area contributed by atoms with Gasteiger partial charge in [-0.2, -0.15) is 0 Å². The molecular weight excluding hydrogens is 126 g/mol. The van der Waals surface area contributed by atoms with E-state index < -0.39 is 0 Å². The molecule has 1 atom stereocenters. The number of hydrogen-bond donors (Lipinski definition) is 1. The zero-order chi connectivity index (χ0) is 7.40. The molecule has 1 aliphatic rings. The average molecular weight is 141 g/mol. The zero-order valence-corrected chi connectivity index (χ0v) is 6.52. The Bertz CT molecular complexity index is 116. The number of ether oxygens (including phenoxy) is 1. The van der Waals surface area contributed by atoms with Gasteiger partial charge in [-0.25, -0.2) is 0 Å². The van der Waals surface area contributed by atoms with Crippen molar-refractivity contribution in [3.8, 4) is 0 Å². The van der Waals surface area contributed by atoms with E-state index in [-0.39, 0.29) is 0 Å². The van der Waals surface area contributed by atoms with E-state index in [2.05, 4.69) is 11.9 Å². The van der Waals surface area contributed by atoms with E-state index in [0.717, 1.165) is 25.1 Å². The standard InChI is InChI=1S/C8H15NO/c1-7(2)6-10-8-3-4-9-5-8/h8-9H,1,3-6H2,2H3. The summed E-state index contributed by atoms with van der Waals surface area (Å²) in [4.78, 5) is 0. The molecule has 1 unspecified atom stereocenters. The fourth-order valence-electron chi connectivity index (χ4n) is 1.03. The van der Waals surface area contributed by atoms with E-state index in [9.17, 15) is 0 Å². The summed E-state index contributed by atoms with van der Waals surface area (Å²) < 4.78 is 5.50. The van der Waals surface area contributed by atoms with Crippen LogP contribution < -0.4 is 5.32 Å². The van der Waals surface area contributed by atoms with Gasteiger partial charge in [-0.1, -0.05) is 12.2 Å². The minimum Gasteiger partial charge on any atom is -0.373 e. The van der Waals surface area contributed by atoms with Crippen molar-refractivity contribution in [1.82, 2.24) is 5.32 Å². The molecule has 0 radical (unpaired) electrons. The van der Waals surface area contributed by atoms with Crippen molar-refractivity contribution < 1.29 is 4.74 Å². The van der Waals surface area contributed by atoms with Gasteiger partial charge in [0, 0.05) is 6.54 Å². The first-order valence-corrected chi connectivity index (χ1v) is 3.76. The molecule has 0 spiro atoms. The van der Waals surface area contributed by atoms with E-state index in [1.54, 1.807) is 0 Å². The number of rotatable bonds is 3. The van der Waals surface area contributed by atoms with Crippen molar-refractivity contribution in [2.24, 2.45) is 0 Å². The average Bonchev–Trinajstić information content (AvgIpc) is 2.34. The molecule has 0 aliphatic carbocycles. The molecule has 58 valence electrons. The lowest BCUT2D eigenvalue weighted by Crippen LogP contribution is -2.17. The topological polar surface area (TPSA) is 21.3 Å². The van der Waals surface area contributed by atoms with Gasteiger partial charge in [-0.3, -0.25) is 0 Å².